The van der Waals surface area contributed by atoms with Crippen LogP contribution >= 0.6 is 0 Å². The lowest BCUT2D eigenvalue weighted by molar-refractivity contribution is -0.137. The number of halogens is 3. The highest BCUT2D eigenvalue weighted by Gasteiger charge is 2.30. The quantitative estimate of drug-likeness (QED) is 0.609. The molecule has 0 spiro atoms. The smallest absolute Gasteiger partial charge is 0.416 e. The molecule has 1 amide bonds. The average molecular weight is 407 g/mol. The van der Waals surface area contributed by atoms with Crippen LogP contribution in [0.3, 0.4) is 0 Å². The second-order valence-corrected chi connectivity index (χ2v) is 5.94. The second-order valence-electron chi connectivity index (χ2n) is 5.94. The minimum absolute atomic E-state index is 0.0301. The molecule has 1 N–H and O–H groups in total. The number of carbonyl (C=O) groups excluding carboxylic acids is 1. The van der Waals surface area contributed by atoms with Crippen molar-refractivity contribution < 1.29 is 27.1 Å². The highest BCUT2D eigenvalue weighted by atomic mass is 19.4. The van der Waals surface area contributed by atoms with Gasteiger partial charge in [0.05, 0.1) is 24.7 Å². The summed E-state index contributed by atoms with van der Waals surface area (Å²) in [6.07, 6.45) is -1.77. The molecule has 3 aromatic rings. The molecule has 7 nitrogen and oxygen atoms in total. The summed E-state index contributed by atoms with van der Waals surface area (Å²) in [5, 5.41) is 2.52. The van der Waals surface area contributed by atoms with Crippen LogP contribution in [0, 0.1) is 0 Å². The second kappa shape index (κ2) is 8.63. The normalized spacial score (nSPS) is 11.3. The van der Waals surface area contributed by atoms with Crippen molar-refractivity contribution in [3.8, 4) is 17.2 Å². The molecule has 0 aliphatic carbocycles. The molecular weight excluding hydrogens is 391 g/mol. The number of benzene rings is 1. The van der Waals surface area contributed by atoms with Crippen molar-refractivity contribution in [2.45, 2.75) is 12.7 Å². The van der Waals surface area contributed by atoms with Crippen LogP contribution in [0.25, 0.3) is 11.5 Å². The van der Waals surface area contributed by atoms with E-state index in [1.807, 2.05) is 0 Å². The summed E-state index contributed by atoms with van der Waals surface area (Å²) in [6, 6.07) is 9.03. The van der Waals surface area contributed by atoms with Gasteiger partial charge in [0.25, 0.3) is 5.56 Å². The van der Waals surface area contributed by atoms with E-state index in [4.69, 9.17) is 9.15 Å². The summed E-state index contributed by atoms with van der Waals surface area (Å²) in [7, 11) is 0. The first-order valence-electron chi connectivity index (χ1n) is 8.50. The van der Waals surface area contributed by atoms with Crippen molar-refractivity contribution in [3.05, 3.63) is 71.0 Å². The highest BCUT2D eigenvalue weighted by Crippen LogP contribution is 2.31. The minimum Gasteiger partial charge on any atom is -0.492 e. The Morgan fingerprint density at radius 3 is 2.72 bits per heavy atom. The molecule has 0 fully saturated rings. The molecule has 0 unspecified atom stereocenters. The third-order valence-electron chi connectivity index (χ3n) is 3.82. The van der Waals surface area contributed by atoms with E-state index in [0.717, 1.165) is 16.7 Å². The number of carbonyl (C=O) groups is 1. The molecule has 1 aromatic carbocycles. The Hall–Kier alpha value is -3.56. The van der Waals surface area contributed by atoms with Gasteiger partial charge in [0.2, 0.25) is 5.91 Å². The van der Waals surface area contributed by atoms with E-state index in [2.05, 4.69) is 10.3 Å². The van der Waals surface area contributed by atoms with Gasteiger partial charge in [-0.1, -0.05) is 6.07 Å². The summed E-state index contributed by atoms with van der Waals surface area (Å²) in [5.41, 5.74) is -0.892. The molecule has 29 heavy (non-hydrogen) atoms. The third kappa shape index (κ3) is 5.47. The Balaban J connectivity index is 1.48. The van der Waals surface area contributed by atoms with Gasteiger partial charge in [0.1, 0.15) is 24.6 Å². The number of hydrogen-bond acceptors (Lipinski definition) is 5. The van der Waals surface area contributed by atoms with Gasteiger partial charge in [-0.05, 0) is 30.3 Å². The minimum atomic E-state index is -4.46. The Kier molecular flexibility index (Phi) is 6.01. The zero-order valence-corrected chi connectivity index (χ0v) is 15.0. The lowest BCUT2D eigenvalue weighted by Crippen LogP contribution is -2.34. The maximum atomic E-state index is 12.7. The highest BCUT2D eigenvalue weighted by molar-refractivity contribution is 5.75. The van der Waals surface area contributed by atoms with Gasteiger partial charge in [-0.15, -0.1) is 0 Å². The number of rotatable bonds is 7. The Morgan fingerprint density at radius 1 is 1.21 bits per heavy atom. The first kappa shape index (κ1) is 20.2. The largest absolute Gasteiger partial charge is 0.492 e. The topological polar surface area (TPSA) is 86.4 Å². The Morgan fingerprint density at radius 2 is 2.03 bits per heavy atom. The third-order valence-corrected chi connectivity index (χ3v) is 3.82. The average Bonchev–Trinajstić information content (AvgIpc) is 3.21. The van der Waals surface area contributed by atoms with Crippen molar-refractivity contribution in [1.82, 2.24) is 14.9 Å². The maximum Gasteiger partial charge on any atom is 0.416 e. The monoisotopic (exact) mass is 407 g/mol. The predicted octanol–water partition coefficient (Wildman–Crippen LogP) is 2.72. The lowest BCUT2D eigenvalue weighted by atomic mass is 10.2. The number of nitrogens with one attached hydrogen (secondary N) is 1. The standard InChI is InChI=1S/C19H16F3N3O4/c20-19(21,22)13-3-1-4-14(9-13)28-8-6-23-17(26)11-25-12-24-15(10-18(25)27)16-5-2-7-29-16/h1-5,7,9-10,12H,6,8,11H2,(H,23,26). The van der Waals surface area contributed by atoms with Crippen molar-refractivity contribution in [1.29, 1.82) is 0 Å². The van der Waals surface area contributed by atoms with E-state index in [-0.39, 0.29) is 25.4 Å². The summed E-state index contributed by atoms with van der Waals surface area (Å²) < 4.78 is 49.5. The molecular formula is C19H16F3N3O4. The molecule has 0 radical (unpaired) electrons. The van der Waals surface area contributed by atoms with Gasteiger partial charge in [-0.2, -0.15) is 13.2 Å². The number of nitrogens with zero attached hydrogens (tertiary/aromatic N) is 2. The zero-order valence-electron chi connectivity index (χ0n) is 15.0. The van der Waals surface area contributed by atoms with Gasteiger partial charge >= 0.3 is 6.18 Å². The molecule has 0 bridgehead atoms. The first-order chi connectivity index (χ1) is 13.8. The van der Waals surface area contributed by atoms with Crippen molar-refractivity contribution in [2.75, 3.05) is 13.2 Å². The molecule has 0 aliphatic rings. The number of alkyl halides is 3. The van der Waals surface area contributed by atoms with Crippen molar-refractivity contribution in [2.24, 2.45) is 0 Å². The number of furan rings is 1. The van der Waals surface area contributed by atoms with Gasteiger partial charge in [0, 0.05) is 6.07 Å². The van der Waals surface area contributed by atoms with Crippen LogP contribution in [0.5, 0.6) is 5.75 Å². The van der Waals surface area contributed by atoms with Crippen LogP contribution < -0.4 is 15.6 Å². The summed E-state index contributed by atoms with van der Waals surface area (Å²) in [4.78, 5) is 28.1. The molecule has 0 atom stereocenters. The number of aromatic nitrogens is 2. The molecule has 3 rings (SSSR count). The van der Waals surface area contributed by atoms with Crippen molar-refractivity contribution in [3.63, 3.8) is 0 Å². The maximum absolute atomic E-state index is 12.7. The van der Waals surface area contributed by atoms with Crippen LogP contribution in [0.1, 0.15) is 5.56 Å². The fourth-order valence-electron chi connectivity index (χ4n) is 2.44. The van der Waals surface area contributed by atoms with Crippen LogP contribution in [-0.4, -0.2) is 28.6 Å². The SMILES string of the molecule is O=C(Cn1cnc(-c2ccco2)cc1=O)NCCOc1cccc(C(F)(F)F)c1. The zero-order chi connectivity index (χ0) is 20.9. The van der Waals surface area contributed by atoms with Gasteiger partial charge in [-0.25, -0.2) is 4.98 Å². The summed E-state index contributed by atoms with van der Waals surface area (Å²) in [6.45, 7) is -0.229. The van der Waals surface area contributed by atoms with Crippen molar-refractivity contribution >= 4 is 5.91 Å². The molecule has 0 aliphatic heterocycles. The van der Waals surface area contributed by atoms with Gasteiger partial charge in [-0.3, -0.25) is 14.2 Å². The van der Waals surface area contributed by atoms with E-state index in [1.165, 1.54) is 30.8 Å². The van der Waals surface area contributed by atoms with E-state index in [9.17, 15) is 22.8 Å². The fourth-order valence-corrected chi connectivity index (χ4v) is 2.44. The van der Waals surface area contributed by atoms with Crippen LogP contribution in [0.15, 0.2) is 64.3 Å². The fraction of sp³-hybridized carbons (Fsp3) is 0.211. The lowest BCUT2D eigenvalue weighted by Gasteiger charge is -2.11. The number of ether oxygens (including phenoxy) is 1. The van der Waals surface area contributed by atoms with E-state index in [1.54, 1.807) is 12.1 Å². The summed E-state index contributed by atoms with van der Waals surface area (Å²) in [5.74, 6) is 0.0146. The van der Waals surface area contributed by atoms with Crippen LogP contribution in [-0.2, 0) is 17.5 Å². The summed E-state index contributed by atoms with van der Waals surface area (Å²) >= 11 is 0. The molecule has 152 valence electrons. The molecule has 2 heterocycles. The molecule has 0 saturated heterocycles. The number of amides is 1. The van der Waals surface area contributed by atoms with E-state index >= 15 is 0 Å². The van der Waals surface area contributed by atoms with E-state index in [0.29, 0.717) is 11.5 Å². The van der Waals surface area contributed by atoms with E-state index < -0.39 is 23.2 Å². The molecule has 0 saturated carbocycles. The Labute approximate surface area is 162 Å². The molecule has 10 heteroatoms. The molecule has 2 aromatic heterocycles. The van der Waals surface area contributed by atoms with Gasteiger partial charge < -0.3 is 14.5 Å². The van der Waals surface area contributed by atoms with Crippen LogP contribution in [0.2, 0.25) is 0 Å². The first-order valence-corrected chi connectivity index (χ1v) is 8.50. The predicted molar refractivity (Wildman–Crippen MR) is 96.1 cm³/mol. The van der Waals surface area contributed by atoms with Gasteiger partial charge in [0.15, 0.2) is 5.76 Å². The Bertz CT molecular complexity index is 1030. The number of hydrogen-bond donors (Lipinski definition) is 1. The van der Waals surface area contributed by atoms with Crippen LogP contribution in [0.4, 0.5) is 13.2 Å².